The molecule has 0 aliphatic heterocycles. The summed E-state index contributed by atoms with van der Waals surface area (Å²) < 4.78 is 5.75. The topological polar surface area (TPSA) is 62.1 Å². The summed E-state index contributed by atoms with van der Waals surface area (Å²) in [6.07, 6.45) is 5.84. The number of carbonyl (C=O) groups excluding carboxylic acids is 1. The minimum Gasteiger partial charge on any atom is -0.489 e. The standard InChI is InChI=1S/C22H21ClN2O2/c23-21-8-4-1-5-17(21)15-27-20-11-9-16(10-12-20)13-18(14-24)22(26)25-19-6-2-3-7-19/h1,4-5,8-13,19H,2-3,6-7,15H2,(H,25,26)/b18-13+. The smallest absolute Gasteiger partial charge is 0.262 e. The van der Waals surface area contributed by atoms with Crippen molar-refractivity contribution in [1.29, 1.82) is 5.26 Å². The van der Waals surface area contributed by atoms with E-state index in [1.54, 1.807) is 6.08 Å². The summed E-state index contributed by atoms with van der Waals surface area (Å²) in [6, 6.07) is 17.0. The van der Waals surface area contributed by atoms with Crippen molar-refractivity contribution in [3.8, 4) is 11.8 Å². The van der Waals surface area contributed by atoms with Gasteiger partial charge in [-0.05, 0) is 42.7 Å². The quantitative estimate of drug-likeness (QED) is 0.573. The minimum atomic E-state index is -0.302. The van der Waals surface area contributed by atoms with E-state index < -0.39 is 0 Å². The molecule has 0 spiro atoms. The second kappa shape index (κ2) is 9.25. The third kappa shape index (κ3) is 5.35. The fourth-order valence-corrected chi connectivity index (χ4v) is 3.28. The van der Waals surface area contributed by atoms with E-state index in [1.807, 2.05) is 54.6 Å². The third-order valence-corrected chi connectivity index (χ3v) is 4.97. The maximum Gasteiger partial charge on any atom is 0.262 e. The average molecular weight is 381 g/mol. The minimum absolute atomic E-state index is 0.117. The number of carbonyl (C=O) groups is 1. The predicted octanol–water partition coefficient (Wildman–Crippen LogP) is 4.88. The maximum absolute atomic E-state index is 12.3. The van der Waals surface area contributed by atoms with Crippen molar-refractivity contribution < 1.29 is 9.53 Å². The van der Waals surface area contributed by atoms with Crippen molar-refractivity contribution in [1.82, 2.24) is 5.32 Å². The van der Waals surface area contributed by atoms with Crippen LogP contribution in [0.1, 0.15) is 36.8 Å². The van der Waals surface area contributed by atoms with Gasteiger partial charge in [0.25, 0.3) is 5.91 Å². The molecule has 1 amide bonds. The molecular formula is C22H21ClN2O2. The Bertz CT molecular complexity index is 863. The molecule has 3 rings (SSSR count). The number of nitriles is 1. The van der Waals surface area contributed by atoms with E-state index in [2.05, 4.69) is 5.32 Å². The molecule has 4 nitrogen and oxygen atoms in total. The lowest BCUT2D eigenvalue weighted by Crippen LogP contribution is -2.33. The maximum atomic E-state index is 12.3. The summed E-state index contributed by atoms with van der Waals surface area (Å²) >= 11 is 6.12. The van der Waals surface area contributed by atoms with Crippen molar-refractivity contribution in [2.24, 2.45) is 0 Å². The van der Waals surface area contributed by atoms with E-state index in [9.17, 15) is 10.1 Å². The highest BCUT2D eigenvalue weighted by molar-refractivity contribution is 6.31. The van der Waals surface area contributed by atoms with Gasteiger partial charge in [0.2, 0.25) is 0 Å². The molecule has 2 aromatic carbocycles. The number of rotatable bonds is 6. The monoisotopic (exact) mass is 380 g/mol. The molecule has 27 heavy (non-hydrogen) atoms. The van der Waals surface area contributed by atoms with Gasteiger partial charge in [0, 0.05) is 16.6 Å². The first-order chi connectivity index (χ1) is 13.2. The molecule has 1 aliphatic rings. The van der Waals surface area contributed by atoms with Gasteiger partial charge in [-0.15, -0.1) is 0 Å². The third-order valence-electron chi connectivity index (χ3n) is 4.60. The SMILES string of the molecule is N#C/C(=C\c1ccc(OCc2ccccc2Cl)cc1)C(=O)NC1CCCC1. The van der Waals surface area contributed by atoms with Gasteiger partial charge in [-0.25, -0.2) is 0 Å². The fraction of sp³-hybridized carbons (Fsp3) is 0.273. The Morgan fingerprint density at radius 2 is 1.89 bits per heavy atom. The van der Waals surface area contributed by atoms with Crippen molar-refractivity contribution in [2.45, 2.75) is 38.3 Å². The molecule has 0 atom stereocenters. The van der Waals surface area contributed by atoms with E-state index in [-0.39, 0.29) is 17.5 Å². The zero-order valence-corrected chi connectivity index (χ0v) is 15.7. The summed E-state index contributed by atoms with van der Waals surface area (Å²) in [5, 5.41) is 12.9. The van der Waals surface area contributed by atoms with Crippen LogP contribution in [0, 0.1) is 11.3 Å². The summed E-state index contributed by atoms with van der Waals surface area (Å²) in [4.78, 5) is 12.3. The molecule has 1 N–H and O–H groups in total. The lowest BCUT2D eigenvalue weighted by molar-refractivity contribution is -0.117. The Kier molecular flexibility index (Phi) is 6.51. The van der Waals surface area contributed by atoms with Crippen LogP contribution < -0.4 is 10.1 Å². The van der Waals surface area contributed by atoms with Gasteiger partial charge >= 0.3 is 0 Å². The Morgan fingerprint density at radius 1 is 1.19 bits per heavy atom. The Hall–Kier alpha value is -2.77. The first kappa shape index (κ1) is 19.0. The number of hydrogen-bond donors (Lipinski definition) is 1. The van der Waals surface area contributed by atoms with E-state index >= 15 is 0 Å². The van der Waals surface area contributed by atoms with Crippen LogP contribution in [0.5, 0.6) is 5.75 Å². The molecule has 0 unspecified atom stereocenters. The summed E-state index contributed by atoms with van der Waals surface area (Å²) in [6.45, 7) is 0.377. The summed E-state index contributed by atoms with van der Waals surface area (Å²) in [7, 11) is 0. The molecule has 0 bridgehead atoms. The van der Waals surface area contributed by atoms with Crippen LogP contribution in [0.25, 0.3) is 6.08 Å². The van der Waals surface area contributed by atoms with E-state index in [0.29, 0.717) is 17.4 Å². The van der Waals surface area contributed by atoms with E-state index in [4.69, 9.17) is 16.3 Å². The first-order valence-electron chi connectivity index (χ1n) is 9.04. The number of amides is 1. The highest BCUT2D eigenvalue weighted by Gasteiger charge is 2.19. The van der Waals surface area contributed by atoms with Crippen molar-refractivity contribution >= 4 is 23.6 Å². The fourth-order valence-electron chi connectivity index (χ4n) is 3.09. The Balaban J connectivity index is 1.61. The second-order valence-electron chi connectivity index (χ2n) is 6.57. The molecule has 1 fully saturated rings. The molecule has 0 saturated heterocycles. The first-order valence-corrected chi connectivity index (χ1v) is 9.42. The number of halogens is 1. The molecule has 1 aliphatic carbocycles. The van der Waals surface area contributed by atoms with Crippen molar-refractivity contribution in [3.63, 3.8) is 0 Å². The normalized spacial score (nSPS) is 14.6. The number of benzene rings is 2. The average Bonchev–Trinajstić information content (AvgIpc) is 3.19. The Labute approximate surface area is 164 Å². The zero-order valence-electron chi connectivity index (χ0n) is 15.0. The second-order valence-corrected chi connectivity index (χ2v) is 6.98. The molecule has 1 saturated carbocycles. The molecule has 2 aromatic rings. The predicted molar refractivity (Wildman–Crippen MR) is 106 cm³/mol. The van der Waals surface area contributed by atoms with Gasteiger partial charge in [0.15, 0.2) is 0 Å². The van der Waals surface area contributed by atoms with Gasteiger partial charge in [-0.2, -0.15) is 5.26 Å². The largest absolute Gasteiger partial charge is 0.489 e. The highest BCUT2D eigenvalue weighted by Crippen LogP contribution is 2.20. The van der Waals surface area contributed by atoms with E-state index in [1.165, 1.54) is 0 Å². The lowest BCUT2D eigenvalue weighted by Gasteiger charge is -2.11. The van der Waals surface area contributed by atoms with Crippen LogP contribution in [0.3, 0.4) is 0 Å². The van der Waals surface area contributed by atoms with Gasteiger partial charge in [0.1, 0.15) is 24.0 Å². The van der Waals surface area contributed by atoms with Crippen LogP contribution >= 0.6 is 11.6 Å². The van der Waals surface area contributed by atoms with Crippen LogP contribution in [0.4, 0.5) is 0 Å². The molecular weight excluding hydrogens is 360 g/mol. The Morgan fingerprint density at radius 3 is 2.56 bits per heavy atom. The number of hydrogen-bond acceptors (Lipinski definition) is 3. The van der Waals surface area contributed by atoms with Crippen LogP contribution in [0.2, 0.25) is 5.02 Å². The molecule has 5 heteroatoms. The zero-order chi connectivity index (χ0) is 19.1. The van der Waals surface area contributed by atoms with Crippen molar-refractivity contribution in [3.05, 3.63) is 70.3 Å². The molecule has 0 radical (unpaired) electrons. The summed E-state index contributed by atoms with van der Waals surface area (Å²) in [5.41, 5.74) is 1.81. The number of nitrogens with zero attached hydrogens (tertiary/aromatic N) is 1. The highest BCUT2D eigenvalue weighted by atomic mass is 35.5. The van der Waals surface area contributed by atoms with Crippen LogP contribution in [0.15, 0.2) is 54.1 Å². The van der Waals surface area contributed by atoms with Gasteiger partial charge in [0.05, 0.1) is 0 Å². The lowest BCUT2D eigenvalue weighted by atomic mass is 10.1. The van der Waals surface area contributed by atoms with Crippen LogP contribution in [-0.2, 0) is 11.4 Å². The van der Waals surface area contributed by atoms with Crippen LogP contribution in [-0.4, -0.2) is 11.9 Å². The van der Waals surface area contributed by atoms with Gasteiger partial charge in [-0.1, -0.05) is 54.8 Å². The molecule has 138 valence electrons. The number of ether oxygens (including phenoxy) is 1. The van der Waals surface area contributed by atoms with E-state index in [0.717, 1.165) is 36.8 Å². The van der Waals surface area contributed by atoms with Gasteiger partial charge in [-0.3, -0.25) is 4.79 Å². The van der Waals surface area contributed by atoms with Crippen molar-refractivity contribution in [2.75, 3.05) is 0 Å². The molecule has 0 aromatic heterocycles. The number of nitrogens with one attached hydrogen (secondary N) is 1. The molecule has 0 heterocycles. The summed E-state index contributed by atoms with van der Waals surface area (Å²) in [5.74, 6) is 0.393. The van der Waals surface area contributed by atoms with Gasteiger partial charge < -0.3 is 10.1 Å².